The van der Waals surface area contributed by atoms with Crippen LogP contribution in [0.2, 0.25) is 0 Å². The number of aromatic nitrogens is 2. The van der Waals surface area contributed by atoms with Gasteiger partial charge >= 0.3 is 0 Å². The Bertz CT molecular complexity index is 470. The predicted molar refractivity (Wildman–Crippen MR) is 52.5 cm³/mol. The maximum atomic E-state index is 14.5. The van der Waals surface area contributed by atoms with Crippen LogP contribution >= 0.6 is 0 Å². The van der Waals surface area contributed by atoms with Crippen LogP contribution in [0.4, 0.5) is 17.6 Å². The summed E-state index contributed by atoms with van der Waals surface area (Å²) in [7, 11) is 0. The van der Waals surface area contributed by atoms with Gasteiger partial charge in [-0.2, -0.15) is 5.10 Å². The number of aryl methyl sites for hydroxylation is 1. The van der Waals surface area contributed by atoms with Crippen molar-refractivity contribution in [2.45, 2.75) is 37.9 Å². The van der Waals surface area contributed by atoms with E-state index in [4.69, 9.17) is 0 Å². The van der Waals surface area contributed by atoms with Crippen LogP contribution in [-0.2, 0) is 12.2 Å². The van der Waals surface area contributed by atoms with Crippen LogP contribution in [0.25, 0.3) is 0 Å². The van der Waals surface area contributed by atoms with Crippen LogP contribution in [0.15, 0.2) is 0 Å². The van der Waals surface area contributed by atoms with E-state index in [0.29, 0.717) is 6.42 Å². The lowest BCUT2D eigenvalue weighted by molar-refractivity contribution is 0.0880. The van der Waals surface area contributed by atoms with Gasteiger partial charge in [0.25, 0.3) is 6.43 Å². The van der Waals surface area contributed by atoms with Gasteiger partial charge in [0.15, 0.2) is 5.67 Å². The largest absolute Gasteiger partial charge is 0.282 e. The highest BCUT2D eigenvalue weighted by Gasteiger charge is 2.66. The molecule has 1 heterocycles. The molecular weight excluding hydrogens is 236 g/mol. The number of rotatable bonds is 3. The number of alkyl halides is 4. The molecule has 0 radical (unpaired) electrons. The third-order valence-corrected chi connectivity index (χ3v) is 3.86. The van der Waals surface area contributed by atoms with Crippen molar-refractivity contribution in [3.8, 4) is 0 Å². The minimum Gasteiger partial charge on any atom is -0.266 e. The Labute approximate surface area is 95.6 Å². The molecule has 1 aromatic rings. The molecule has 0 N–H and O–H groups in total. The van der Waals surface area contributed by atoms with Crippen LogP contribution in [0, 0.1) is 5.92 Å². The first-order chi connectivity index (χ1) is 8.04. The Morgan fingerprint density at radius 1 is 1.53 bits per heavy atom. The van der Waals surface area contributed by atoms with Crippen molar-refractivity contribution in [2.75, 3.05) is 6.67 Å². The van der Waals surface area contributed by atoms with Crippen LogP contribution in [0.1, 0.15) is 42.6 Å². The van der Waals surface area contributed by atoms with Crippen LogP contribution in [-0.4, -0.2) is 16.5 Å². The molecule has 0 saturated heterocycles. The minimum atomic E-state index is -2.72. The maximum absolute atomic E-state index is 14.5. The van der Waals surface area contributed by atoms with Crippen molar-refractivity contribution in [1.29, 1.82) is 0 Å². The Balaban J connectivity index is 2.21. The summed E-state index contributed by atoms with van der Waals surface area (Å²) in [4.78, 5) is 0. The second-order valence-electron chi connectivity index (χ2n) is 4.71. The van der Waals surface area contributed by atoms with Crippen LogP contribution in [0.3, 0.4) is 0 Å². The van der Waals surface area contributed by atoms with Crippen LogP contribution < -0.4 is 0 Å². The molecule has 3 rings (SSSR count). The summed E-state index contributed by atoms with van der Waals surface area (Å²) in [6.07, 6.45) is -2.26. The van der Waals surface area contributed by atoms with Crippen molar-refractivity contribution in [3.63, 3.8) is 0 Å². The summed E-state index contributed by atoms with van der Waals surface area (Å²) in [6.45, 7) is 0.806. The fourth-order valence-corrected chi connectivity index (χ4v) is 3.05. The second-order valence-corrected chi connectivity index (χ2v) is 4.71. The van der Waals surface area contributed by atoms with Gasteiger partial charge < -0.3 is 0 Å². The van der Waals surface area contributed by atoms with E-state index < -0.39 is 24.7 Å². The Morgan fingerprint density at radius 3 is 2.76 bits per heavy atom. The smallest absolute Gasteiger partial charge is 0.266 e. The van der Waals surface area contributed by atoms with Gasteiger partial charge in [0.1, 0.15) is 12.4 Å². The lowest BCUT2D eigenvalue weighted by atomic mass is 10.00. The van der Waals surface area contributed by atoms with E-state index in [1.165, 1.54) is 4.68 Å². The first-order valence-corrected chi connectivity index (χ1v) is 5.68. The van der Waals surface area contributed by atoms with E-state index in [0.717, 1.165) is 0 Å². The Kier molecular flexibility index (Phi) is 2.10. The molecule has 6 heteroatoms. The molecule has 94 valence electrons. The molecule has 2 aliphatic rings. The summed E-state index contributed by atoms with van der Waals surface area (Å²) in [5.74, 6) is -0.717. The standard InChI is InChI=1S/C11H12F4N2/c1-2-17-9-7(8(16-17)10(13)14)5-3-6(5)11(9,15)4-12/h5-6,10H,2-4H2,1H3. The van der Waals surface area contributed by atoms with Gasteiger partial charge in [-0.1, -0.05) is 0 Å². The zero-order valence-electron chi connectivity index (χ0n) is 9.26. The molecule has 0 spiro atoms. The normalized spacial score (nSPS) is 34.0. The lowest BCUT2D eigenvalue weighted by Crippen LogP contribution is -2.27. The van der Waals surface area contributed by atoms with E-state index in [2.05, 4.69) is 5.10 Å². The average Bonchev–Trinajstić information content (AvgIpc) is 2.94. The van der Waals surface area contributed by atoms with Crippen LogP contribution in [0.5, 0.6) is 0 Å². The predicted octanol–water partition coefficient (Wildman–Crippen LogP) is 3.09. The molecule has 0 bridgehead atoms. The van der Waals surface area contributed by atoms with Crippen molar-refractivity contribution in [2.24, 2.45) is 5.92 Å². The highest BCUT2D eigenvalue weighted by molar-refractivity contribution is 5.47. The molecule has 17 heavy (non-hydrogen) atoms. The van der Waals surface area contributed by atoms with E-state index in [1.807, 2.05) is 0 Å². The summed E-state index contributed by atoms with van der Waals surface area (Å²) >= 11 is 0. The number of fused-ring (bicyclic) bond motifs is 3. The number of hydrogen-bond acceptors (Lipinski definition) is 1. The molecule has 1 saturated carbocycles. The molecule has 0 aliphatic heterocycles. The summed E-state index contributed by atoms with van der Waals surface area (Å²) < 4.78 is 54.3. The topological polar surface area (TPSA) is 17.8 Å². The summed E-state index contributed by atoms with van der Waals surface area (Å²) in [5.41, 5.74) is -2.13. The minimum absolute atomic E-state index is 0.0547. The number of nitrogens with zero attached hydrogens (tertiary/aromatic N) is 2. The fraction of sp³-hybridized carbons (Fsp3) is 0.727. The molecule has 0 aromatic carbocycles. The molecule has 2 aliphatic carbocycles. The first kappa shape index (κ1) is 11.0. The molecule has 3 atom stereocenters. The zero-order valence-corrected chi connectivity index (χ0v) is 9.26. The van der Waals surface area contributed by atoms with Crippen molar-refractivity contribution in [1.82, 2.24) is 9.78 Å². The van der Waals surface area contributed by atoms with Gasteiger partial charge in [0, 0.05) is 18.0 Å². The van der Waals surface area contributed by atoms with Gasteiger partial charge in [-0.15, -0.1) is 0 Å². The third-order valence-electron chi connectivity index (χ3n) is 3.86. The number of hydrogen-bond donors (Lipinski definition) is 0. The van der Waals surface area contributed by atoms with Crippen molar-refractivity contribution in [3.05, 3.63) is 17.0 Å². The summed E-state index contributed by atoms with van der Waals surface area (Å²) in [5, 5.41) is 3.73. The van der Waals surface area contributed by atoms with E-state index in [9.17, 15) is 17.6 Å². The molecule has 1 fully saturated rings. The van der Waals surface area contributed by atoms with Crippen molar-refractivity contribution < 1.29 is 17.6 Å². The zero-order chi connectivity index (χ0) is 12.4. The summed E-state index contributed by atoms with van der Waals surface area (Å²) in [6, 6.07) is 0. The monoisotopic (exact) mass is 248 g/mol. The van der Waals surface area contributed by atoms with E-state index in [-0.39, 0.29) is 29.4 Å². The molecule has 3 unspecified atom stereocenters. The van der Waals surface area contributed by atoms with E-state index >= 15 is 0 Å². The second kappa shape index (κ2) is 3.23. The molecular formula is C11H12F4N2. The first-order valence-electron chi connectivity index (χ1n) is 5.68. The van der Waals surface area contributed by atoms with Gasteiger partial charge in [0.2, 0.25) is 0 Å². The van der Waals surface area contributed by atoms with Gasteiger partial charge in [-0.25, -0.2) is 17.6 Å². The third kappa shape index (κ3) is 1.18. The lowest BCUT2D eigenvalue weighted by Gasteiger charge is -2.20. The highest BCUT2D eigenvalue weighted by Crippen LogP contribution is 2.67. The SMILES string of the molecule is CCn1nc(C(F)F)c2c1C(F)(CF)C1CC21. The van der Waals surface area contributed by atoms with Gasteiger partial charge in [-0.3, -0.25) is 4.68 Å². The Hall–Kier alpha value is -1.07. The average molecular weight is 248 g/mol. The molecule has 2 nitrogen and oxygen atoms in total. The molecule has 0 amide bonds. The number of halogens is 4. The van der Waals surface area contributed by atoms with E-state index in [1.54, 1.807) is 6.92 Å². The van der Waals surface area contributed by atoms with Gasteiger partial charge in [-0.05, 0) is 19.3 Å². The molecule has 1 aromatic heterocycles. The Morgan fingerprint density at radius 2 is 2.24 bits per heavy atom. The fourth-order valence-electron chi connectivity index (χ4n) is 3.05. The maximum Gasteiger partial charge on any atom is 0.282 e. The van der Waals surface area contributed by atoms with Gasteiger partial charge in [0.05, 0.1) is 5.69 Å². The highest BCUT2D eigenvalue weighted by atomic mass is 19.3. The van der Waals surface area contributed by atoms with Crippen molar-refractivity contribution >= 4 is 0 Å². The quantitative estimate of drug-likeness (QED) is 0.751.